The molecule has 0 bridgehead atoms. The molecule has 1 heterocycles. The van der Waals surface area contributed by atoms with Crippen LogP contribution in [0.25, 0.3) is 0 Å². The van der Waals surface area contributed by atoms with E-state index in [0.717, 1.165) is 18.7 Å². The summed E-state index contributed by atoms with van der Waals surface area (Å²) >= 11 is 0. The highest BCUT2D eigenvalue weighted by Gasteiger charge is 1.90. The average Bonchev–Trinajstić information content (AvgIpc) is 2.14. The molecule has 0 radical (unpaired) electrons. The minimum atomic E-state index is 0.545. The van der Waals surface area contributed by atoms with Crippen LogP contribution in [0.4, 0.5) is 0 Å². The van der Waals surface area contributed by atoms with E-state index in [4.69, 9.17) is 0 Å². The first-order valence-corrected chi connectivity index (χ1v) is 4.69. The number of aliphatic imine (C=N–C) groups is 1. The molecule has 1 aromatic rings. The largest absolute Gasteiger partial charge is 0.297 e. The highest BCUT2D eigenvalue weighted by Crippen LogP contribution is 1.95. The van der Waals surface area contributed by atoms with E-state index in [1.165, 1.54) is 0 Å². The Morgan fingerprint density at radius 3 is 2.92 bits per heavy atom. The molecule has 0 amide bonds. The zero-order valence-electron chi connectivity index (χ0n) is 8.27. The molecule has 0 saturated heterocycles. The summed E-state index contributed by atoms with van der Waals surface area (Å²) in [5.74, 6) is 0.545. The van der Waals surface area contributed by atoms with E-state index >= 15 is 0 Å². The maximum absolute atomic E-state index is 4.30. The molecule has 2 heteroatoms. The van der Waals surface area contributed by atoms with Gasteiger partial charge in [-0.15, -0.1) is 0 Å². The Hall–Kier alpha value is -1.18. The van der Waals surface area contributed by atoms with Gasteiger partial charge in [0, 0.05) is 31.1 Å². The van der Waals surface area contributed by atoms with Crippen LogP contribution >= 0.6 is 0 Å². The number of aromatic nitrogens is 1. The number of rotatable bonds is 4. The second-order valence-corrected chi connectivity index (χ2v) is 3.37. The fourth-order valence-electron chi connectivity index (χ4n) is 1.01. The van der Waals surface area contributed by atoms with Crippen LogP contribution in [0.15, 0.2) is 29.4 Å². The minimum Gasteiger partial charge on any atom is -0.297 e. The standard InChI is InChI=1S/C11H16N2/c1-10(2)9-12-8-6-11-5-3-4-7-13-11/h3-5,7,9-10H,6,8H2,1-2H3. The Balaban J connectivity index is 2.28. The maximum Gasteiger partial charge on any atom is 0.0441 e. The van der Waals surface area contributed by atoms with Crippen LogP contribution < -0.4 is 0 Å². The second-order valence-electron chi connectivity index (χ2n) is 3.37. The van der Waals surface area contributed by atoms with Gasteiger partial charge in [0.05, 0.1) is 0 Å². The van der Waals surface area contributed by atoms with E-state index in [2.05, 4.69) is 23.8 Å². The summed E-state index contributed by atoms with van der Waals surface area (Å²) in [4.78, 5) is 8.52. The number of hydrogen-bond acceptors (Lipinski definition) is 2. The first kappa shape index (κ1) is 9.90. The van der Waals surface area contributed by atoms with Crippen molar-refractivity contribution < 1.29 is 0 Å². The van der Waals surface area contributed by atoms with Crippen LogP contribution in [0.2, 0.25) is 0 Å². The molecule has 0 saturated carbocycles. The minimum absolute atomic E-state index is 0.545. The van der Waals surface area contributed by atoms with Crippen molar-refractivity contribution in [3.63, 3.8) is 0 Å². The number of nitrogens with zero attached hydrogens (tertiary/aromatic N) is 2. The molecule has 0 N–H and O–H groups in total. The zero-order chi connectivity index (χ0) is 9.52. The summed E-state index contributed by atoms with van der Waals surface area (Å²) in [7, 11) is 0. The number of pyridine rings is 1. The van der Waals surface area contributed by atoms with Crippen molar-refractivity contribution in [3.8, 4) is 0 Å². The molecule has 1 aromatic heterocycles. The maximum atomic E-state index is 4.30. The first-order valence-electron chi connectivity index (χ1n) is 4.69. The fourth-order valence-corrected chi connectivity index (χ4v) is 1.01. The molecule has 0 aliphatic carbocycles. The Morgan fingerprint density at radius 2 is 2.31 bits per heavy atom. The molecule has 2 nitrogen and oxygen atoms in total. The predicted molar refractivity (Wildman–Crippen MR) is 56.1 cm³/mol. The van der Waals surface area contributed by atoms with Crippen molar-refractivity contribution >= 4 is 6.21 Å². The van der Waals surface area contributed by atoms with E-state index in [1.54, 1.807) is 0 Å². The van der Waals surface area contributed by atoms with Crippen LogP contribution in [0, 0.1) is 5.92 Å². The van der Waals surface area contributed by atoms with Crippen molar-refractivity contribution in [1.82, 2.24) is 4.98 Å². The molecule has 1 rings (SSSR count). The number of hydrogen-bond donors (Lipinski definition) is 0. The Kier molecular flexibility index (Phi) is 4.16. The lowest BCUT2D eigenvalue weighted by atomic mass is 10.2. The molecule has 0 spiro atoms. The smallest absolute Gasteiger partial charge is 0.0441 e. The topological polar surface area (TPSA) is 25.2 Å². The van der Waals surface area contributed by atoms with E-state index in [0.29, 0.717) is 5.92 Å². The summed E-state index contributed by atoms with van der Waals surface area (Å²) in [6.07, 6.45) is 4.74. The monoisotopic (exact) mass is 176 g/mol. The molecule has 70 valence electrons. The lowest BCUT2D eigenvalue weighted by molar-refractivity contribution is 0.873. The summed E-state index contributed by atoms with van der Waals surface area (Å²) in [5, 5.41) is 0. The lowest BCUT2D eigenvalue weighted by Gasteiger charge is -1.96. The van der Waals surface area contributed by atoms with Crippen LogP contribution in [-0.4, -0.2) is 17.7 Å². The lowest BCUT2D eigenvalue weighted by Crippen LogP contribution is -1.94. The third-order valence-electron chi connectivity index (χ3n) is 1.63. The van der Waals surface area contributed by atoms with Gasteiger partial charge in [-0.25, -0.2) is 0 Å². The van der Waals surface area contributed by atoms with Gasteiger partial charge in [0.2, 0.25) is 0 Å². The Morgan fingerprint density at radius 1 is 1.46 bits per heavy atom. The van der Waals surface area contributed by atoms with Gasteiger partial charge >= 0.3 is 0 Å². The molecule has 0 atom stereocenters. The van der Waals surface area contributed by atoms with Crippen molar-refractivity contribution in [3.05, 3.63) is 30.1 Å². The van der Waals surface area contributed by atoms with Crippen LogP contribution in [0.5, 0.6) is 0 Å². The molecule has 13 heavy (non-hydrogen) atoms. The van der Waals surface area contributed by atoms with Crippen LogP contribution in [0.3, 0.4) is 0 Å². The van der Waals surface area contributed by atoms with Crippen molar-refractivity contribution in [2.45, 2.75) is 20.3 Å². The first-order chi connectivity index (χ1) is 6.29. The van der Waals surface area contributed by atoms with E-state index < -0.39 is 0 Å². The van der Waals surface area contributed by atoms with Crippen LogP contribution in [-0.2, 0) is 6.42 Å². The third kappa shape index (κ3) is 4.41. The highest BCUT2D eigenvalue weighted by molar-refractivity contribution is 5.59. The van der Waals surface area contributed by atoms with Crippen molar-refractivity contribution in [1.29, 1.82) is 0 Å². The Labute approximate surface area is 79.7 Å². The predicted octanol–water partition coefficient (Wildman–Crippen LogP) is 2.35. The zero-order valence-corrected chi connectivity index (χ0v) is 8.27. The molecule has 0 aromatic carbocycles. The molecular weight excluding hydrogens is 160 g/mol. The quantitative estimate of drug-likeness (QED) is 0.646. The van der Waals surface area contributed by atoms with E-state index in [9.17, 15) is 0 Å². The summed E-state index contributed by atoms with van der Waals surface area (Å²) < 4.78 is 0. The van der Waals surface area contributed by atoms with Crippen LogP contribution in [0.1, 0.15) is 19.5 Å². The fraction of sp³-hybridized carbons (Fsp3) is 0.455. The van der Waals surface area contributed by atoms with Gasteiger partial charge in [-0.05, 0) is 18.1 Å². The molecule has 0 aliphatic rings. The van der Waals surface area contributed by atoms with Gasteiger partial charge in [-0.1, -0.05) is 19.9 Å². The summed E-state index contributed by atoms with van der Waals surface area (Å²) in [5.41, 5.74) is 1.11. The normalized spacial score (nSPS) is 11.3. The Bertz CT molecular complexity index is 252. The SMILES string of the molecule is CC(C)C=NCCc1ccccn1. The van der Waals surface area contributed by atoms with Gasteiger partial charge in [0.15, 0.2) is 0 Å². The second kappa shape index (κ2) is 5.46. The van der Waals surface area contributed by atoms with E-state index in [1.807, 2.05) is 30.6 Å². The highest BCUT2D eigenvalue weighted by atomic mass is 14.7. The molecule has 0 aliphatic heterocycles. The molecule has 0 unspecified atom stereocenters. The summed E-state index contributed by atoms with van der Waals surface area (Å²) in [6.45, 7) is 5.10. The average molecular weight is 176 g/mol. The van der Waals surface area contributed by atoms with Gasteiger partial charge in [-0.3, -0.25) is 9.98 Å². The van der Waals surface area contributed by atoms with Gasteiger partial charge in [-0.2, -0.15) is 0 Å². The molecule has 0 fully saturated rings. The van der Waals surface area contributed by atoms with Gasteiger partial charge in [0.1, 0.15) is 0 Å². The summed E-state index contributed by atoms with van der Waals surface area (Å²) in [6, 6.07) is 5.97. The van der Waals surface area contributed by atoms with Crippen molar-refractivity contribution in [2.24, 2.45) is 10.9 Å². The van der Waals surface area contributed by atoms with E-state index in [-0.39, 0.29) is 0 Å². The third-order valence-corrected chi connectivity index (χ3v) is 1.63. The van der Waals surface area contributed by atoms with Crippen molar-refractivity contribution in [2.75, 3.05) is 6.54 Å². The molecular formula is C11H16N2. The van der Waals surface area contributed by atoms with Gasteiger partial charge in [0.25, 0.3) is 0 Å². The van der Waals surface area contributed by atoms with Gasteiger partial charge < -0.3 is 0 Å².